The van der Waals surface area contributed by atoms with Crippen LogP contribution in [0.4, 0.5) is 5.69 Å². The van der Waals surface area contributed by atoms with Crippen molar-refractivity contribution in [2.75, 3.05) is 31.6 Å². The lowest BCUT2D eigenvalue weighted by atomic mass is 10.0. The van der Waals surface area contributed by atoms with Gasteiger partial charge < -0.3 is 19.7 Å². The number of rotatable bonds is 14. The number of methoxy groups -OCH3 is 2. The number of nitrogens with zero attached hydrogens (tertiary/aromatic N) is 2. The van der Waals surface area contributed by atoms with E-state index in [1.165, 1.54) is 37.3 Å². The summed E-state index contributed by atoms with van der Waals surface area (Å²) >= 11 is 12.5. The second kappa shape index (κ2) is 15.8. The minimum atomic E-state index is -4.33. The fraction of sp³-hybridized carbons (Fsp3) is 0.235. The maximum atomic E-state index is 14.5. The molecule has 1 N–H and O–H groups in total. The van der Waals surface area contributed by atoms with Crippen LogP contribution in [0.25, 0.3) is 0 Å². The topological polar surface area (TPSA) is 105 Å². The van der Waals surface area contributed by atoms with Crippen LogP contribution in [0.2, 0.25) is 10.0 Å². The van der Waals surface area contributed by atoms with Crippen LogP contribution in [0.15, 0.2) is 102 Å². The predicted molar refractivity (Wildman–Crippen MR) is 180 cm³/mol. The largest absolute Gasteiger partial charge is 0.493 e. The summed E-state index contributed by atoms with van der Waals surface area (Å²) in [4.78, 5) is 29.3. The molecule has 46 heavy (non-hydrogen) atoms. The second-order valence-corrected chi connectivity index (χ2v) is 12.9. The molecule has 0 saturated heterocycles. The number of ether oxygens (including phenoxy) is 2. The molecule has 2 amide bonds. The third-order valence-corrected chi connectivity index (χ3v) is 9.73. The Morgan fingerprint density at radius 1 is 0.804 bits per heavy atom. The Morgan fingerprint density at radius 3 is 2.07 bits per heavy atom. The molecule has 0 aromatic heterocycles. The highest BCUT2D eigenvalue weighted by molar-refractivity contribution is 7.92. The number of carbonyl (C=O) groups excluding carboxylic acids is 2. The van der Waals surface area contributed by atoms with E-state index in [-0.39, 0.29) is 40.2 Å². The zero-order chi connectivity index (χ0) is 33.3. The van der Waals surface area contributed by atoms with Crippen molar-refractivity contribution in [2.45, 2.75) is 30.8 Å². The van der Waals surface area contributed by atoms with Crippen molar-refractivity contribution in [2.24, 2.45) is 0 Å². The number of para-hydroxylation sites is 1. The van der Waals surface area contributed by atoms with Gasteiger partial charge in [0.1, 0.15) is 12.6 Å². The molecule has 4 aromatic rings. The molecule has 0 aliphatic carbocycles. The molecule has 0 spiro atoms. The SMILES string of the molecule is CCNC(=O)[C@@H](Cc1ccccc1)N(Cc1ccc(Cl)c(Cl)c1)C(=O)CN(c1ccccc1)S(=O)(=O)c1ccc(OC)c(OC)c1. The van der Waals surface area contributed by atoms with Gasteiger partial charge in [-0.2, -0.15) is 0 Å². The van der Waals surface area contributed by atoms with E-state index in [9.17, 15) is 18.0 Å². The first-order valence-corrected chi connectivity index (χ1v) is 16.6. The molecule has 242 valence electrons. The number of hydrogen-bond acceptors (Lipinski definition) is 6. The van der Waals surface area contributed by atoms with Crippen molar-refractivity contribution >= 4 is 50.7 Å². The lowest BCUT2D eigenvalue weighted by Gasteiger charge is -2.34. The molecule has 0 heterocycles. The Bertz CT molecular complexity index is 1760. The highest BCUT2D eigenvalue weighted by Crippen LogP contribution is 2.32. The predicted octanol–water partition coefficient (Wildman–Crippen LogP) is 5.98. The monoisotopic (exact) mass is 683 g/mol. The molecular weight excluding hydrogens is 649 g/mol. The normalized spacial score (nSPS) is 11.8. The van der Waals surface area contributed by atoms with Gasteiger partial charge in [-0.1, -0.05) is 77.8 Å². The zero-order valence-corrected chi connectivity index (χ0v) is 28.0. The number of carbonyl (C=O) groups is 2. The summed E-state index contributed by atoms with van der Waals surface area (Å²) in [6.07, 6.45) is 0.188. The van der Waals surface area contributed by atoms with Crippen LogP contribution in [-0.2, 0) is 32.6 Å². The lowest BCUT2D eigenvalue weighted by Crippen LogP contribution is -2.53. The van der Waals surface area contributed by atoms with Gasteiger partial charge in [-0.05, 0) is 54.4 Å². The first kappa shape index (κ1) is 34.6. The van der Waals surface area contributed by atoms with E-state index >= 15 is 0 Å². The van der Waals surface area contributed by atoms with Crippen molar-refractivity contribution in [3.63, 3.8) is 0 Å². The molecule has 12 heteroatoms. The van der Waals surface area contributed by atoms with Gasteiger partial charge in [-0.15, -0.1) is 0 Å². The van der Waals surface area contributed by atoms with Crippen molar-refractivity contribution in [3.05, 3.63) is 118 Å². The third-order valence-electron chi connectivity index (χ3n) is 7.23. The maximum Gasteiger partial charge on any atom is 0.264 e. The molecule has 9 nitrogen and oxygen atoms in total. The van der Waals surface area contributed by atoms with E-state index in [0.717, 1.165) is 9.87 Å². The molecule has 0 saturated carbocycles. The lowest BCUT2D eigenvalue weighted by molar-refractivity contribution is -0.140. The Kier molecular flexibility index (Phi) is 11.9. The maximum absolute atomic E-state index is 14.5. The number of halogens is 2. The third kappa shape index (κ3) is 8.31. The van der Waals surface area contributed by atoms with Crippen LogP contribution in [0.1, 0.15) is 18.1 Å². The standard InChI is InChI=1S/C34H35Cl2N3O6S/c1-4-37-34(41)30(20-24-11-7-5-8-12-24)38(22-25-15-17-28(35)29(36)19-25)33(40)23-39(26-13-9-6-10-14-26)46(42,43)27-16-18-31(44-2)32(21-27)45-3/h5-19,21,30H,4,20,22-23H2,1-3H3,(H,37,41)/t30-/m1/s1. The Balaban J connectivity index is 1.81. The summed E-state index contributed by atoms with van der Waals surface area (Å²) in [5.74, 6) is -0.425. The molecule has 1 atom stereocenters. The number of nitrogens with one attached hydrogen (secondary N) is 1. The van der Waals surface area contributed by atoms with Crippen molar-refractivity contribution < 1.29 is 27.5 Å². The van der Waals surface area contributed by atoms with E-state index < -0.39 is 28.5 Å². The Hall–Kier alpha value is -4.25. The van der Waals surface area contributed by atoms with Gasteiger partial charge >= 0.3 is 0 Å². The quantitative estimate of drug-likeness (QED) is 0.175. The molecule has 0 bridgehead atoms. The number of anilines is 1. The Morgan fingerprint density at radius 2 is 1.46 bits per heavy atom. The van der Waals surface area contributed by atoms with Crippen LogP contribution in [-0.4, -0.2) is 58.5 Å². The summed E-state index contributed by atoms with van der Waals surface area (Å²) < 4.78 is 40.1. The van der Waals surface area contributed by atoms with Crippen molar-refractivity contribution in [1.29, 1.82) is 0 Å². The van der Waals surface area contributed by atoms with Crippen LogP contribution in [0, 0.1) is 0 Å². The number of sulfonamides is 1. The van der Waals surface area contributed by atoms with Gasteiger partial charge in [-0.3, -0.25) is 13.9 Å². The fourth-order valence-electron chi connectivity index (χ4n) is 4.91. The molecule has 0 unspecified atom stereocenters. The number of likely N-dealkylation sites (N-methyl/N-ethyl adjacent to an activating group) is 1. The van der Waals surface area contributed by atoms with E-state index in [1.54, 1.807) is 55.5 Å². The van der Waals surface area contributed by atoms with Crippen molar-refractivity contribution in [3.8, 4) is 11.5 Å². The van der Waals surface area contributed by atoms with E-state index in [0.29, 0.717) is 22.9 Å². The minimum absolute atomic E-state index is 0.0383. The Labute approximate surface area is 279 Å². The molecule has 0 radical (unpaired) electrons. The average Bonchev–Trinajstić information content (AvgIpc) is 3.07. The van der Waals surface area contributed by atoms with Gasteiger partial charge in [0.05, 0.1) is 34.8 Å². The molecule has 4 aromatic carbocycles. The smallest absolute Gasteiger partial charge is 0.264 e. The molecule has 0 fully saturated rings. The summed E-state index contributed by atoms with van der Waals surface area (Å²) in [6.45, 7) is 1.48. The summed E-state index contributed by atoms with van der Waals surface area (Å²) in [5, 5.41) is 3.46. The number of amides is 2. The molecule has 4 rings (SSSR count). The second-order valence-electron chi connectivity index (χ2n) is 10.2. The first-order chi connectivity index (χ1) is 22.1. The van der Waals surface area contributed by atoms with Gasteiger partial charge in [0.25, 0.3) is 10.0 Å². The average molecular weight is 685 g/mol. The van der Waals surface area contributed by atoms with E-state index in [2.05, 4.69) is 5.32 Å². The fourth-order valence-corrected chi connectivity index (χ4v) is 6.66. The van der Waals surface area contributed by atoms with E-state index in [4.69, 9.17) is 32.7 Å². The number of benzene rings is 4. The first-order valence-electron chi connectivity index (χ1n) is 14.4. The van der Waals surface area contributed by atoms with Crippen LogP contribution >= 0.6 is 23.2 Å². The number of hydrogen-bond donors (Lipinski definition) is 1. The van der Waals surface area contributed by atoms with Gasteiger partial charge in [0.2, 0.25) is 11.8 Å². The minimum Gasteiger partial charge on any atom is -0.493 e. The van der Waals surface area contributed by atoms with E-state index in [1.807, 2.05) is 30.3 Å². The van der Waals surface area contributed by atoms with Crippen LogP contribution < -0.4 is 19.1 Å². The summed E-state index contributed by atoms with van der Waals surface area (Å²) in [6, 6.07) is 25.8. The van der Waals surface area contributed by atoms with Gasteiger partial charge in [0, 0.05) is 25.6 Å². The van der Waals surface area contributed by atoms with Gasteiger partial charge in [0.15, 0.2) is 11.5 Å². The molecular formula is C34H35Cl2N3O6S. The zero-order valence-electron chi connectivity index (χ0n) is 25.7. The summed E-state index contributed by atoms with van der Waals surface area (Å²) in [5.41, 5.74) is 1.69. The van der Waals surface area contributed by atoms with Gasteiger partial charge in [-0.25, -0.2) is 8.42 Å². The van der Waals surface area contributed by atoms with Crippen LogP contribution in [0.5, 0.6) is 11.5 Å². The molecule has 0 aliphatic heterocycles. The highest BCUT2D eigenvalue weighted by Gasteiger charge is 2.35. The summed E-state index contributed by atoms with van der Waals surface area (Å²) in [7, 11) is -1.48. The molecule has 0 aliphatic rings. The van der Waals surface area contributed by atoms with Crippen LogP contribution in [0.3, 0.4) is 0 Å². The van der Waals surface area contributed by atoms with Crippen molar-refractivity contribution in [1.82, 2.24) is 10.2 Å². The highest BCUT2D eigenvalue weighted by atomic mass is 35.5.